The second-order valence-electron chi connectivity index (χ2n) is 10.3. The van der Waals surface area contributed by atoms with Crippen LogP contribution in [0.25, 0.3) is 11.1 Å². The molecule has 1 N–H and O–H groups in total. The number of allylic oxidation sites excluding steroid dienone is 1. The molecule has 0 radical (unpaired) electrons. The molecule has 0 spiro atoms. The summed E-state index contributed by atoms with van der Waals surface area (Å²) >= 11 is 1.41. The van der Waals surface area contributed by atoms with E-state index in [1.807, 2.05) is 24.3 Å². The lowest BCUT2D eigenvalue weighted by Crippen LogP contribution is -2.36. The van der Waals surface area contributed by atoms with E-state index in [2.05, 4.69) is 36.4 Å². The summed E-state index contributed by atoms with van der Waals surface area (Å²) in [6.45, 7) is 0.548. The first-order valence-corrected chi connectivity index (χ1v) is 15.2. The molecule has 0 atom stereocenters. The standard InChI is InChI=1S/C33H35F5O2S/c34-32(35,33(36,37)38)20-7-23-41-22-5-1-4-21-40-28-18-14-26(15-19-28)31-29-10-3-2-8-24(29)9-6-11-30(31)25-12-16-27(39)17-13-25/h2-3,8,10,12-19,39H,1,4-7,9,11,20-23H2. The van der Waals surface area contributed by atoms with Gasteiger partial charge in [-0.15, -0.1) is 0 Å². The van der Waals surface area contributed by atoms with Crippen molar-refractivity contribution < 1.29 is 31.8 Å². The number of alkyl halides is 5. The fourth-order valence-electron chi connectivity index (χ4n) is 5.04. The third kappa shape index (κ3) is 8.51. The highest BCUT2D eigenvalue weighted by molar-refractivity contribution is 7.99. The molecular formula is C33H35F5O2S. The molecule has 0 saturated heterocycles. The quantitative estimate of drug-likeness (QED) is 0.159. The van der Waals surface area contributed by atoms with Crippen LogP contribution in [-0.2, 0) is 6.42 Å². The van der Waals surface area contributed by atoms with Crippen LogP contribution < -0.4 is 4.74 Å². The van der Waals surface area contributed by atoms with Gasteiger partial charge in [-0.25, -0.2) is 0 Å². The Hall–Kier alpha value is -3.00. The molecule has 0 amide bonds. The first-order chi connectivity index (χ1) is 19.7. The Morgan fingerprint density at radius 1 is 0.732 bits per heavy atom. The van der Waals surface area contributed by atoms with Gasteiger partial charge in [-0.2, -0.15) is 33.7 Å². The SMILES string of the molecule is Oc1ccc(C2=C(c3ccc(OCCCCCSCCCC(F)(F)C(F)(F)F)cc3)c3ccccc3CCC2)cc1. The molecule has 0 saturated carbocycles. The number of ether oxygens (including phenoxy) is 1. The molecule has 3 aromatic rings. The number of hydrogen-bond donors (Lipinski definition) is 1. The summed E-state index contributed by atoms with van der Waals surface area (Å²) in [5.74, 6) is -2.55. The lowest BCUT2D eigenvalue weighted by Gasteiger charge is -2.19. The van der Waals surface area contributed by atoms with Crippen molar-refractivity contribution in [2.45, 2.75) is 63.5 Å². The summed E-state index contributed by atoms with van der Waals surface area (Å²) in [6, 6.07) is 24.1. The van der Waals surface area contributed by atoms with Crippen LogP contribution in [-0.4, -0.2) is 35.3 Å². The molecule has 0 unspecified atom stereocenters. The topological polar surface area (TPSA) is 29.5 Å². The monoisotopic (exact) mass is 590 g/mol. The first kappa shape index (κ1) is 30.9. The lowest BCUT2D eigenvalue weighted by molar-refractivity contribution is -0.284. The van der Waals surface area contributed by atoms with Gasteiger partial charge in [0.2, 0.25) is 0 Å². The van der Waals surface area contributed by atoms with Gasteiger partial charge < -0.3 is 9.84 Å². The molecule has 1 aliphatic carbocycles. The van der Waals surface area contributed by atoms with Crippen LogP contribution in [0.15, 0.2) is 72.8 Å². The fourth-order valence-corrected chi connectivity index (χ4v) is 6.00. The highest BCUT2D eigenvalue weighted by Gasteiger charge is 2.56. The van der Waals surface area contributed by atoms with Gasteiger partial charge in [0.1, 0.15) is 11.5 Å². The number of aromatic hydroxyl groups is 1. The van der Waals surface area contributed by atoms with E-state index >= 15 is 0 Å². The molecule has 0 aliphatic heterocycles. The summed E-state index contributed by atoms with van der Waals surface area (Å²) in [5.41, 5.74) is 7.24. The highest BCUT2D eigenvalue weighted by Crippen LogP contribution is 2.41. The normalized spacial score (nSPS) is 14.1. The van der Waals surface area contributed by atoms with E-state index < -0.39 is 18.5 Å². The van der Waals surface area contributed by atoms with Crippen LogP contribution in [0.4, 0.5) is 22.0 Å². The molecule has 1 aliphatic rings. The maximum absolute atomic E-state index is 12.9. The second kappa shape index (κ2) is 14.3. The van der Waals surface area contributed by atoms with Gasteiger partial charge in [0, 0.05) is 6.42 Å². The first-order valence-electron chi connectivity index (χ1n) is 14.0. The zero-order valence-corrected chi connectivity index (χ0v) is 23.7. The van der Waals surface area contributed by atoms with E-state index in [1.165, 1.54) is 34.0 Å². The number of unbranched alkanes of at least 4 members (excludes halogenated alkanes) is 2. The molecule has 0 bridgehead atoms. The maximum Gasteiger partial charge on any atom is 0.453 e. The van der Waals surface area contributed by atoms with Crippen molar-refractivity contribution in [3.8, 4) is 11.5 Å². The average Bonchev–Trinajstić information content (AvgIpc) is 3.14. The van der Waals surface area contributed by atoms with Gasteiger partial charge in [-0.3, -0.25) is 0 Å². The molecule has 0 heterocycles. The minimum absolute atomic E-state index is 0.158. The van der Waals surface area contributed by atoms with Crippen molar-refractivity contribution >= 4 is 22.9 Å². The minimum atomic E-state index is -5.47. The Labute approximate surface area is 242 Å². The third-order valence-electron chi connectivity index (χ3n) is 7.22. The van der Waals surface area contributed by atoms with Gasteiger partial charge in [0.05, 0.1) is 6.61 Å². The minimum Gasteiger partial charge on any atom is -0.508 e. The number of thioether (sulfide) groups is 1. The van der Waals surface area contributed by atoms with Crippen molar-refractivity contribution in [2.75, 3.05) is 18.1 Å². The van der Waals surface area contributed by atoms with E-state index in [1.54, 1.807) is 12.1 Å². The summed E-state index contributed by atoms with van der Waals surface area (Å²) in [6.07, 6.45) is -1.21. The molecule has 8 heteroatoms. The van der Waals surface area contributed by atoms with Crippen molar-refractivity contribution in [3.63, 3.8) is 0 Å². The van der Waals surface area contributed by atoms with Crippen LogP contribution >= 0.6 is 11.8 Å². The van der Waals surface area contributed by atoms with Crippen molar-refractivity contribution in [1.29, 1.82) is 0 Å². The van der Waals surface area contributed by atoms with Crippen molar-refractivity contribution in [1.82, 2.24) is 0 Å². The number of fused-ring (bicyclic) bond motifs is 1. The van der Waals surface area contributed by atoms with Crippen LogP contribution in [0.1, 0.15) is 67.2 Å². The molecule has 0 fully saturated rings. The predicted octanol–water partition coefficient (Wildman–Crippen LogP) is 9.95. The fraction of sp³-hybridized carbons (Fsp3) is 0.394. The predicted molar refractivity (Wildman–Crippen MR) is 157 cm³/mol. The maximum atomic E-state index is 12.9. The van der Waals surface area contributed by atoms with E-state index in [0.717, 1.165) is 61.2 Å². The molecule has 4 rings (SSSR count). The number of hydrogen-bond acceptors (Lipinski definition) is 3. The lowest BCUT2D eigenvalue weighted by atomic mass is 9.88. The Bertz CT molecular complexity index is 1280. The molecule has 41 heavy (non-hydrogen) atoms. The van der Waals surface area contributed by atoms with Gasteiger partial charge in [-0.1, -0.05) is 48.5 Å². The zero-order valence-electron chi connectivity index (χ0n) is 22.9. The number of halogens is 5. The van der Waals surface area contributed by atoms with Gasteiger partial charge in [0.15, 0.2) is 0 Å². The second-order valence-corrected chi connectivity index (χ2v) is 11.5. The molecule has 220 valence electrons. The Kier molecular flexibility index (Phi) is 10.8. The largest absolute Gasteiger partial charge is 0.508 e. The van der Waals surface area contributed by atoms with Crippen LogP contribution in [0, 0.1) is 0 Å². The molecule has 0 aromatic heterocycles. The van der Waals surface area contributed by atoms with E-state index in [9.17, 15) is 27.1 Å². The molecule has 2 nitrogen and oxygen atoms in total. The van der Waals surface area contributed by atoms with Crippen LogP contribution in [0.5, 0.6) is 11.5 Å². The highest BCUT2D eigenvalue weighted by atomic mass is 32.2. The smallest absolute Gasteiger partial charge is 0.453 e. The Morgan fingerprint density at radius 2 is 1.41 bits per heavy atom. The Morgan fingerprint density at radius 3 is 2.15 bits per heavy atom. The zero-order chi connectivity index (χ0) is 29.3. The number of benzene rings is 3. The van der Waals surface area contributed by atoms with E-state index in [-0.39, 0.29) is 12.2 Å². The van der Waals surface area contributed by atoms with Gasteiger partial charge >= 0.3 is 12.1 Å². The average molecular weight is 591 g/mol. The summed E-state index contributed by atoms with van der Waals surface area (Å²) in [5, 5.41) is 9.81. The molecular weight excluding hydrogens is 555 g/mol. The van der Waals surface area contributed by atoms with Crippen LogP contribution in [0.2, 0.25) is 0 Å². The summed E-state index contributed by atoms with van der Waals surface area (Å²) in [7, 11) is 0. The molecule has 3 aromatic carbocycles. The number of rotatable bonds is 13. The Balaban J connectivity index is 1.28. The number of phenols is 1. The van der Waals surface area contributed by atoms with Crippen molar-refractivity contribution in [2.24, 2.45) is 0 Å². The van der Waals surface area contributed by atoms with Gasteiger partial charge in [-0.05, 0) is 114 Å². The van der Waals surface area contributed by atoms with E-state index in [0.29, 0.717) is 12.4 Å². The third-order valence-corrected chi connectivity index (χ3v) is 8.37. The van der Waals surface area contributed by atoms with E-state index in [4.69, 9.17) is 4.74 Å². The summed E-state index contributed by atoms with van der Waals surface area (Å²) < 4.78 is 68.4. The van der Waals surface area contributed by atoms with Gasteiger partial charge in [0.25, 0.3) is 0 Å². The number of phenolic OH excluding ortho intramolecular Hbond substituents is 1. The van der Waals surface area contributed by atoms with Crippen molar-refractivity contribution in [3.05, 3.63) is 95.1 Å². The van der Waals surface area contributed by atoms with Crippen LogP contribution in [0.3, 0.4) is 0 Å². The summed E-state index contributed by atoms with van der Waals surface area (Å²) in [4.78, 5) is 0. The number of aryl methyl sites for hydroxylation is 1.